The van der Waals surface area contributed by atoms with E-state index in [9.17, 15) is 4.79 Å². The Morgan fingerprint density at radius 2 is 1.95 bits per heavy atom. The summed E-state index contributed by atoms with van der Waals surface area (Å²) in [6.45, 7) is 4.21. The predicted octanol–water partition coefficient (Wildman–Crippen LogP) is 3.81. The number of hydrogen-bond acceptors (Lipinski definition) is 2. The zero-order valence-corrected chi connectivity index (χ0v) is 12.0. The third-order valence-corrected chi connectivity index (χ3v) is 3.09. The van der Waals surface area contributed by atoms with Crippen molar-refractivity contribution in [2.45, 2.75) is 52.4 Å². The van der Waals surface area contributed by atoms with Crippen LogP contribution in [0.1, 0.15) is 56.6 Å². The van der Waals surface area contributed by atoms with E-state index in [0.29, 0.717) is 6.42 Å². The summed E-state index contributed by atoms with van der Waals surface area (Å²) in [5, 5.41) is 3.99. The quantitative estimate of drug-likeness (QED) is 0.431. The number of aryl methyl sites for hydroxylation is 1. The highest BCUT2D eigenvalue weighted by atomic mass is 16.2. The summed E-state index contributed by atoms with van der Waals surface area (Å²) in [6, 6.07) is 7.96. The molecule has 0 aliphatic carbocycles. The Hall–Kier alpha value is -1.64. The second-order valence-electron chi connectivity index (χ2n) is 4.81. The van der Waals surface area contributed by atoms with Crippen LogP contribution in [0.3, 0.4) is 0 Å². The monoisotopic (exact) mass is 260 g/mol. The average Bonchev–Trinajstić information content (AvgIpc) is 2.41. The highest BCUT2D eigenvalue weighted by molar-refractivity contribution is 5.83. The van der Waals surface area contributed by atoms with E-state index in [0.717, 1.165) is 24.0 Å². The van der Waals surface area contributed by atoms with Crippen molar-refractivity contribution in [2.75, 3.05) is 0 Å². The summed E-state index contributed by atoms with van der Waals surface area (Å²) >= 11 is 0. The summed E-state index contributed by atoms with van der Waals surface area (Å²) in [4.78, 5) is 11.5. The molecule has 1 aromatic rings. The molecule has 3 nitrogen and oxygen atoms in total. The van der Waals surface area contributed by atoms with Gasteiger partial charge in [0, 0.05) is 6.42 Å². The third-order valence-electron chi connectivity index (χ3n) is 3.09. The van der Waals surface area contributed by atoms with Gasteiger partial charge in [-0.15, -0.1) is 0 Å². The standard InChI is InChI=1S/C16H24N2O/c1-3-4-5-6-7-12-16(19)18-17-13-15-11-9-8-10-14(15)2/h8-11,13H,3-7,12H2,1-2H3,(H,18,19). The Balaban J connectivity index is 2.21. The Morgan fingerprint density at radius 1 is 1.21 bits per heavy atom. The lowest BCUT2D eigenvalue weighted by Crippen LogP contribution is -2.16. The number of unbranched alkanes of at least 4 members (excludes halogenated alkanes) is 4. The van der Waals surface area contributed by atoms with Gasteiger partial charge in [0.05, 0.1) is 6.21 Å². The number of carbonyl (C=O) groups excluding carboxylic acids is 1. The summed E-state index contributed by atoms with van der Waals surface area (Å²) < 4.78 is 0. The lowest BCUT2D eigenvalue weighted by molar-refractivity contribution is -0.121. The van der Waals surface area contributed by atoms with Gasteiger partial charge in [-0.3, -0.25) is 4.79 Å². The fourth-order valence-corrected chi connectivity index (χ4v) is 1.85. The minimum atomic E-state index is 0.00123. The highest BCUT2D eigenvalue weighted by Crippen LogP contribution is 2.05. The minimum Gasteiger partial charge on any atom is -0.273 e. The van der Waals surface area contributed by atoms with Crippen molar-refractivity contribution in [1.82, 2.24) is 5.43 Å². The lowest BCUT2D eigenvalue weighted by atomic mass is 10.1. The number of amides is 1. The molecule has 0 aromatic heterocycles. The van der Waals surface area contributed by atoms with Gasteiger partial charge in [0.15, 0.2) is 0 Å². The maximum atomic E-state index is 11.5. The second-order valence-corrected chi connectivity index (χ2v) is 4.81. The number of benzene rings is 1. The maximum absolute atomic E-state index is 11.5. The first kappa shape index (κ1) is 15.4. The molecule has 1 aromatic carbocycles. The van der Waals surface area contributed by atoms with Crippen molar-refractivity contribution in [3.8, 4) is 0 Å². The van der Waals surface area contributed by atoms with Crippen molar-refractivity contribution >= 4 is 12.1 Å². The van der Waals surface area contributed by atoms with E-state index in [2.05, 4.69) is 17.5 Å². The Labute approximate surface area is 116 Å². The van der Waals surface area contributed by atoms with Gasteiger partial charge in [-0.2, -0.15) is 5.10 Å². The molecule has 0 fully saturated rings. The van der Waals surface area contributed by atoms with Crippen molar-refractivity contribution < 1.29 is 4.79 Å². The van der Waals surface area contributed by atoms with Crippen molar-refractivity contribution in [3.63, 3.8) is 0 Å². The fourth-order valence-electron chi connectivity index (χ4n) is 1.85. The predicted molar refractivity (Wildman–Crippen MR) is 80.3 cm³/mol. The molecule has 0 aliphatic heterocycles. The first-order valence-corrected chi connectivity index (χ1v) is 7.11. The molecule has 0 spiro atoms. The number of carbonyl (C=O) groups is 1. The summed E-state index contributed by atoms with van der Waals surface area (Å²) in [7, 11) is 0. The highest BCUT2D eigenvalue weighted by Gasteiger charge is 1.99. The molecule has 1 N–H and O–H groups in total. The van der Waals surface area contributed by atoms with Gasteiger partial charge in [-0.25, -0.2) is 5.43 Å². The van der Waals surface area contributed by atoms with Crippen LogP contribution >= 0.6 is 0 Å². The van der Waals surface area contributed by atoms with Crippen LogP contribution in [0.4, 0.5) is 0 Å². The van der Waals surface area contributed by atoms with E-state index in [4.69, 9.17) is 0 Å². The SMILES string of the molecule is CCCCCCCC(=O)NN=Cc1ccccc1C. The second kappa shape index (κ2) is 9.31. The van der Waals surface area contributed by atoms with Gasteiger partial charge in [0.25, 0.3) is 0 Å². The summed E-state index contributed by atoms with van der Waals surface area (Å²) in [5.41, 5.74) is 4.77. The van der Waals surface area contributed by atoms with Crippen molar-refractivity contribution in [1.29, 1.82) is 0 Å². The smallest absolute Gasteiger partial charge is 0.240 e. The van der Waals surface area contributed by atoms with Crippen LogP contribution in [0.2, 0.25) is 0 Å². The molecule has 0 aliphatic rings. The van der Waals surface area contributed by atoms with Gasteiger partial charge in [0.1, 0.15) is 0 Å². The average molecular weight is 260 g/mol. The van der Waals surface area contributed by atoms with Crippen molar-refractivity contribution in [2.24, 2.45) is 5.10 Å². The Bertz CT molecular complexity index is 413. The number of hydrazone groups is 1. The van der Waals surface area contributed by atoms with Gasteiger partial charge >= 0.3 is 0 Å². The molecule has 0 saturated heterocycles. The van der Waals surface area contributed by atoms with E-state index in [1.807, 2.05) is 31.2 Å². The molecule has 104 valence electrons. The van der Waals surface area contributed by atoms with Crippen LogP contribution < -0.4 is 5.43 Å². The molecule has 0 saturated carbocycles. The van der Waals surface area contributed by atoms with Crippen LogP contribution in [0, 0.1) is 6.92 Å². The molecule has 0 bridgehead atoms. The maximum Gasteiger partial charge on any atom is 0.240 e. The number of rotatable bonds is 8. The van der Waals surface area contributed by atoms with E-state index in [1.165, 1.54) is 19.3 Å². The van der Waals surface area contributed by atoms with Gasteiger partial charge < -0.3 is 0 Å². The van der Waals surface area contributed by atoms with Crippen LogP contribution in [0.15, 0.2) is 29.4 Å². The topological polar surface area (TPSA) is 41.5 Å². The van der Waals surface area contributed by atoms with Gasteiger partial charge in [-0.1, -0.05) is 56.9 Å². The molecular formula is C16H24N2O. The molecule has 0 unspecified atom stereocenters. The van der Waals surface area contributed by atoms with Crippen LogP contribution in [-0.4, -0.2) is 12.1 Å². The van der Waals surface area contributed by atoms with Crippen LogP contribution in [0.5, 0.6) is 0 Å². The van der Waals surface area contributed by atoms with Crippen LogP contribution in [0.25, 0.3) is 0 Å². The van der Waals surface area contributed by atoms with E-state index < -0.39 is 0 Å². The Kier molecular flexibility index (Phi) is 7.56. The van der Waals surface area contributed by atoms with E-state index >= 15 is 0 Å². The number of hydrogen-bond donors (Lipinski definition) is 1. The lowest BCUT2D eigenvalue weighted by Gasteiger charge is -2.01. The van der Waals surface area contributed by atoms with Crippen molar-refractivity contribution in [3.05, 3.63) is 35.4 Å². The minimum absolute atomic E-state index is 0.00123. The molecule has 1 rings (SSSR count). The molecule has 0 heterocycles. The number of nitrogens with zero attached hydrogens (tertiary/aromatic N) is 1. The summed E-state index contributed by atoms with van der Waals surface area (Å²) in [6.07, 6.45) is 8.05. The first-order valence-electron chi connectivity index (χ1n) is 7.11. The Morgan fingerprint density at radius 3 is 2.68 bits per heavy atom. The molecular weight excluding hydrogens is 236 g/mol. The van der Waals surface area contributed by atoms with E-state index in [-0.39, 0.29) is 5.91 Å². The van der Waals surface area contributed by atoms with Gasteiger partial charge in [0.2, 0.25) is 5.91 Å². The normalized spacial score (nSPS) is 10.8. The van der Waals surface area contributed by atoms with Gasteiger partial charge in [-0.05, 0) is 24.5 Å². The molecule has 0 atom stereocenters. The third kappa shape index (κ3) is 6.75. The molecule has 1 amide bonds. The first-order chi connectivity index (χ1) is 9.24. The molecule has 19 heavy (non-hydrogen) atoms. The fraction of sp³-hybridized carbons (Fsp3) is 0.500. The molecule has 3 heteroatoms. The van der Waals surface area contributed by atoms with E-state index in [1.54, 1.807) is 6.21 Å². The van der Waals surface area contributed by atoms with Crippen LogP contribution in [-0.2, 0) is 4.79 Å². The molecule has 0 radical (unpaired) electrons. The largest absolute Gasteiger partial charge is 0.273 e. The summed E-state index contributed by atoms with van der Waals surface area (Å²) in [5.74, 6) is 0.00123. The zero-order chi connectivity index (χ0) is 13.9. The number of nitrogens with one attached hydrogen (secondary N) is 1. The zero-order valence-electron chi connectivity index (χ0n) is 12.0.